The Kier molecular flexibility index (Phi) is 6.02. The molecule has 1 aliphatic carbocycles. The summed E-state index contributed by atoms with van der Waals surface area (Å²) in [4.78, 5) is 14.1. The van der Waals surface area contributed by atoms with Crippen molar-refractivity contribution in [2.75, 3.05) is 19.6 Å². The standard InChI is InChI=1S/C16H25N3O/c17-10-4-11-19(13-14-5-2-1-3-6-14)12-9-16(20)18-15-7-8-15/h1-3,5-6,15H,4,7-13,17H2,(H,18,20). The van der Waals surface area contributed by atoms with Gasteiger partial charge in [0.25, 0.3) is 0 Å². The predicted molar refractivity (Wildman–Crippen MR) is 81.2 cm³/mol. The Bertz CT molecular complexity index is 403. The molecule has 3 N–H and O–H groups in total. The Morgan fingerprint density at radius 2 is 2.00 bits per heavy atom. The lowest BCUT2D eigenvalue weighted by Crippen LogP contribution is -2.32. The molecule has 1 amide bonds. The highest BCUT2D eigenvalue weighted by Gasteiger charge is 2.23. The average Bonchev–Trinajstić information content (AvgIpc) is 3.27. The molecule has 1 fully saturated rings. The third-order valence-electron chi connectivity index (χ3n) is 3.53. The van der Waals surface area contributed by atoms with E-state index in [-0.39, 0.29) is 5.91 Å². The van der Waals surface area contributed by atoms with Gasteiger partial charge in [0, 0.05) is 25.6 Å². The van der Waals surface area contributed by atoms with Gasteiger partial charge in [0.15, 0.2) is 0 Å². The Labute approximate surface area is 121 Å². The number of nitrogens with zero attached hydrogens (tertiary/aromatic N) is 1. The molecule has 0 aromatic heterocycles. The van der Waals surface area contributed by atoms with Crippen LogP contribution in [0.4, 0.5) is 0 Å². The molecule has 0 unspecified atom stereocenters. The number of nitrogens with one attached hydrogen (secondary N) is 1. The van der Waals surface area contributed by atoms with Gasteiger partial charge in [0.1, 0.15) is 0 Å². The van der Waals surface area contributed by atoms with Gasteiger partial charge in [0.2, 0.25) is 5.91 Å². The zero-order valence-electron chi connectivity index (χ0n) is 12.1. The van der Waals surface area contributed by atoms with Crippen LogP contribution in [-0.2, 0) is 11.3 Å². The van der Waals surface area contributed by atoms with E-state index in [1.54, 1.807) is 0 Å². The second kappa shape index (κ2) is 8.02. The molecule has 0 bridgehead atoms. The topological polar surface area (TPSA) is 58.4 Å². The van der Waals surface area contributed by atoms with E-state index in [1.807, 2.05) is 6.07 Å². The van der Waals surface area contributed by atoms with Gasteiger partial charge in [-0.15, -0.1) is 0 Å². The van der Waals surface area contributed by atoms with E-state index in [2.05, 4.69) is 34.5 Å². The van der Waals surface area contributed by atoms with Crippen LogP contribution < -0.4 is 11.1 Å². The average molecular weight is 275 g/mol. The van der Waals surface area contributed by atoms with Crippen LogP contribution in [-0.4, -0.2) is 36.5 Å². The quantitative estimate of drug-likeness (QED) is 0.718. The molecular weight excluding hydrogens is 250 g/mol. The van der Waals surface area contributed by atoms with Crippen molar-refractivity contribution in [2.45, 2.75) is 38.3 Å². The molecule has 2 rings (SSSR count). The van der Waals surface area contributed by atoms with Crippen molar-refractivity contribution in [1.82, 2.24) is 10.2 Å². The second-order valence-corrected chi connectivity index (χ2v) is 5.50. The Hall–Kier alpha value is -1.39. The molecule has 1 saturated carbocycles. The summed E-state index contributed by atoms with van der Waals surface area (Å²) in [6, 6.07) is 10.8. The molecule has 4 nitrogen and oxygen atoms in total. The van der Waals surface area contributed by atoms with Gasteiger partial charge in [-0.25, -0.2) is 0 Å². The van der Waals surface area contributed by atoms with Crippen molar-refractivity contribution in [3.05, 3.63) is 35.9 Å². The molecule has 1 aliphatic rings. The zero-order chi connectivity index (χ0) is 14.2. The van der Waals surface area contributed by atoms with Crippen molar-refractivity contribution in [1.29, 1.82) is 0 Å². The van der Waals surface area contributed by atoms with Crippen LogP contribution in [0.25, 0.3) is 0 Å². The number of benzene rings is 1. The first-order valence-electron chi connectivity index (χ1n) is 7.53. The number of hydrogen-bond donors (Lipinski definition) is 2. The largest absolute Gasteiger partial charge is 0.353 e. The third-order valence-corrected chi connectivity index (χ3v) is 3.53. The lowest BCUT2D eigenvalue weighted by molar-refractivity contribution is -0.121. The maximum absolute atomic E-state index is 11.8. The van der Waals surface area contributed by atoms with E-state index in [9.17, 15) is 4.79 Å². The molecular formula is C16H25N3O. The Morgan fingerprint density at radius 3 is 2.65 bits per heavy atom. The fraction of sp³-hybridized carbons (Fsp3) is 0.562. The molecule has 0 heterocycles. The molecule has 0 spiro atoms. The van der Waals surface area contributed by atoms with Gasteiger partial charge in [-0.2, -0.15) is 0 Å². The van der Waals surface area contributed by atoms with Crippen molar-refractivity contribution in [2.24, 2.45) is 5.73 Å². The van der Waals surface area contributed by atoms with Crippen LogP contribution in [0.1, 0.15) is 31.2 Å². The van der Waals surface area contributed by atoms with E-state index in [0.29, 0.717) is 19.0 Å². The van der Waals surface area contributed by atoms with Gasteiger partial charge < -0.3 is 11.1 Å². The van der Waals surface area contributed by atoms with Gasteiger partial charge in [-0.1, -0.05) is 30.3 Å². The number of nitrogens with two attached hydrogens (primary N) is 1. The van der Waals surface area contributed by atoms with E-state index in [4.69, 9.17) is 5.73 Å². The molecule has 110 valence electrons. The highest BCUT2D eigenvalue weighted by atomic mass is 16.1. The van der Waals surface area contributed by atoms with Crippen LogP contribution in [0.15, 0.2) is 30.3 Å². The number of hydrogen-bond acceptors (Lipinski definition) is 3. The summed E-state index contributed by atoms with van der Waals surface area (Å²) in [5, 5.41) is 3.04. The molecule has 0 atom stereocenters. The number of carbonyl (C=O) groups is 1. The summed E-state index contributed by atoms with van der Waals surface area (Å²) in [6.07, 6.45) is 3.84. The maximum atomic E-state index is 11.8. The van der Waals surface area contributed by atoms with Gasteiger partial charge >= 0.3 is 0 Å². The minimum Gasteiger partial charge on any atom is -0.353 e. The predicted octanol–water partition coefficient (Wildman–Crippen LogP) is 1.51. The number of rotatable bonds is 9. The zero-order valence-corrected chi connectivity index (χ0v) is 12.1. The van der Waals surface area contributed by atoms with Crippen molar-refractivity contribution >= 4 is 5.91 Å². The minimum absolute atomic E-state index is 0.179. The third kappa shape index (κ3) is 5.72. The summed E-state index contributed by atoms with van der Waals surface area (Å²) in [5.41, 5.74) is 6.88. The van der Waals surface area contributed by atoms with Crippen LogP contribution in [0.5, 0.6) is 0 Å². The van der Waals surface area contributed by atoms with Crippen molar-refractivity contribution < 1.29 is 4.79 Å². The lowest BCUT2D eigenvalue weighted by atomic mass is 10.2. The van der Waals surface area contributed by atoms with E-state index in [1.165, 1.54) is 5.56 Å². The summed E-state index contributed by atoms with van der Waals surface area (Å²) in [6.45, 7) is 3.33. The van der Waals surface area contributed by atoms with Gasteiger partial charge in [0.05, 0.1) is 0 Å². The lowest BCUT2D eigenvalue weighted by Gasteiger charge is -2.22. The van der Waals surface area contributed by atoms with Crippen molar-refractivity contribution in [3.8, 4) is 0 Å². The molecule has 20 heavy (non-hydrogen) atoms. The van der Waals surface area contributed by atoms with Crippen LogP contribution in [0, 0.1) is 0 Å². The second-order valence-electron chi connectivity index (χ2n) is 5.50. The highest BCUT2D eigenvalue weighted by Crippen LogP contribution is 2.18. The summed E-state index contributed by atoms with van der Waals surface area (Å²) >= 11 is 0. The number of carbonyl (C=O) groups excluding carboxylic acids is 1. The van der Waals surface area contributed by atoms with Gasteiger partial charge in [-0.05, 0) is 37.9 Å². The van der Waals surface area contributed by atoms with Crippen LogP contribution >= 0.6 is 0 Å². The number of amides is 1. The van der Waals surface area contributed by atoms with Crippen LogP contribution in [0.3, 0.4) is 0 Å². The summed E-state index contributed by atoms with van der Waals surface area (Å²) < 4.78 is 0. The fourth-order valence-electron chi connectivity index (χ4n) is 2.21. The first-order valence-corrected chi connectivity index (χ1v) is 7.53. The first-order chi connectivity index (χ1) is 9.78. The minimum atomic E-state index is 0.179. The molecule has 0 saturated heterocycles. The smallest absolute Gasteiger partial charge is 0.221 e. The van der Waals surface area contributed by atoms with Crippen LogP contribution in [0.2, 0.25) is 0 Å². The van der Waals surface area contributed by atoms with E-state index >= 15 is 0 Å². The van der Waals surface area contributed by atoms with E-state index in [0.717, 1.165) is 38.9 Å². The van der Waals surface area contributed by atoms with Crippen molar-refractivity contribution in [3.63, 3.8) is 0 Å². The first kappa shape index (κ1) is 15.0. The Morgan fingerprint density at radius 1 is 1.25 bits per heavy atom. The fourth-order valence-corrected chi connectivity index (χ4v) is 2.21. The molecule has 0 aliphatic heterocycles. The summed E-state index contributed by atoms with van der Waals surface area (Å²) in [7, 11) is 0. The molecule has 0 radical (unpaired) electrons. The molecule has 1 aromatic carbocycles. The molecule has 1 aromatic rings. The summed E-state index contributed by atoms with van der Waals surface area (Å²) in [5.74, 6) is 0.179. The van der Waals surface area contributed by atoms with E-state index < -0.39 is 0 Å². The monoisotopic (exact) mass is 275 g/mol. The van der Waals surface area contributed by atoms with Gasteiger partial charge in [-0.3, -0.25) is 9.69 Å². The maximum Gasteiger partial charge on any atom is 0.221 e. The highest BCUT2D eigenvalue weighted by molar-refractivity contribution is 5.76. The normalized spacial score (nSPS) is 14.5. The SMILES string of the molecule is NCCCN(CCC(=O)NC1CC1)Cc1ccccc1. The Balaban J connectivity index is 1.77. The molecule has 4 heteroatoms.